The Kier molecular flexibility index (Phi) is 5.69. The van der Waals surface area contributed by atoms with Gasteiger partial charge in [-0.2, -0.15) is 5.10 Å². The molecule has 1 aromatic carbocycles. The predicted molar refractivity (Wildman–Crippen MR) is 122 cm³/mol. The van der Waals surface area contributed by atoms with E-state index < -0.39 is 0 Å². The van der Waals surface area contributed by atoms with E-state index in [-0.39, 0.29) is 5.91 Å². The van der Waals surface area contributed by atoms with Crippen molar-refractivity contribution in [3.05, 3.63) is 68.5 Å². The minimum atomic E-state index is -0.166. The quantitative estimate of drug-likeness (QED) is 0.440. The first-order valence-electron chi connectivity index (χ1n) is 9.44. The molecule has 0 spiro atoms. The van der Waals surface area contributed by atoms with E-state index in [2.05, 4.69) is 29.2 Å². The second kappa shape index (κ2) is 8.41. The predicted octanol–water partition coefficient (Wildman–Crippen LogP) is 5.36. The van der Waals surface area contributed by atoms with E-state index in [9.17, 15) is 4.79 Å². The Hall–Kier alpha value is -2.97. The first kappa shape index (κ1) is 20.3. The van der Waals surface area contributed by atoms with E-state index in [1.54, 1.807) is 10.9 Å². The lowest BCUT2D eigenvalue weighted by molar-refractivity contribution is 0.103. The highest BCUT2D eigenvalue weighted by Crippen LogP contribution is 2.28. The molecule has 3 heterocycles. The van der Waals surface area contributed by atoms with Gasteiger partial charge < -0.3 is 4.74 Å². The number of hydrogen-bond donors (Lipinski definition) is 1. The van der Waals surface area contributed by atoms with Crippen LogP contribution in [0.5, 0.6) is 5.75 Å². The molecule has 0 radical (unpaired) electrons. The second-order valence-electron chi connectivity index (χ2n) is 7.11. The summed E-state index contributed by atoms with van der Waals surface area (Å²) in [5, 5.41) is 11.6. The van der Waals surface area contributed by atoms with Gasteiger partial charge in [0.2, 0.25) is 0 Å². The summed E-state index contributed by atoms with van der Waals surface area (Å²) in [4.78, 5) is 17.8. The molecule has 0 aliphatic rings. The number of rotatable bonds is 6. The Morgan fingerprint density at radius 2 is 1.97 bits per heavy atom. The molecule has 0 fully saturated rings. The average molecular weight is 439 g/mol. The highest BCUT2D eigenvalue weighted by atomic mass is 32.1. The van der Waals surface area contributed by atoms with E-state index in [1.165, 1.54) is 33.8 Å². The minimum absolute atomic E-state index is 0.166. The molecule has 0 unspecified atom stereocenters. The van der Waals surface area contributed by atoms with E-state index >= 15 is 0 Å². The van der Waals surface area contributed by atoms with Crippen LogP contribution in [0, 0.1) is 20.8 Å². The molecular formula is C22H22N4O2S2. The smallest absolute Gasteiger partial charge is 0.267 e. The molecule has 0 saturated carbocycles. The van der Waals surface area contributed by atoms with Crippen LogP contribution in [0.25, 0.3) is 11.3 Å². The maximum absolute atomic E-state index is 12.6. The number of aryl methyl sites for hydroxylation is 3. The van der Waals surface area contributed by atoms with Crippen LogP contribution in [0.4, 0.5) is 5.13 Å². The maximum atomic E-state index is 12.6. The van der Waals surface area contributed by atoms with E-state index in [0.717, 1.165) is 28.3 Å². The van der Waals surface area contributed by atoms with Crippen LogP contribution in [0.2, 0.25) is 0 Å². The van der Waals surface area contributed by atoms with Gasteiger partial charge in [0.1, 0.15) is 12.4 Å². The summed E-state index contributed by atoms with van der Waals surface area (Å²) in [6.45, 7) is 6.56. The van der Waals surface area contributed by atoms with Gasteiger partial charge in [0.15, 0.2) is 5.13 Å². The summed E-state index contributed by atoms with van der Waals surface area (Å²) in [5.41, 5.74) is 6.22. The van der Waals surface area contributed by atoms with Crippen molar-refractivity contribution in [3.8, 4) is 17.0 Å². The molecule has 0 aliphatic heterocycles. The van der Waals surface area contributed by atoms with Gasteiger partial charge in [0, 0.05) is 29.2 Å². The van der Waals surface area contributed by atoms with Crippen molar-refractivity contribution in [3.63, 3.8) is 0 Å². The van der Waals surface area contributed by atoms with Crippen molar-refractivity contribution >= 4 is 33.7 Å². The van der Waals surface area contributed by atoms with Gasteiger partial charge in [-0.05, 0) is 55.5 Å². The molecule has 4 aromatic rings. The SMILES string of the molecule is Cc1ccc(OCc2csc(C(=O)Nc3nc(-c4cnn(C)c4C)cs3)c2)cc1C. The Morgan fingerprint density at radius 3 is 2.70 bits per heavy atom. The molecule has 0 bridgehead atoms. The molecule has 6 nitrogen and oxygen atoms in total. The number of hydrogen-bond acceptors (Lipinski definition) is 6. The zero-order valence-corrected chi connectivity index (χ0v) is 18.9. The van der Waals surface area contributed by atoms with Gasteiger partial charge in [0.05, 0.1) is 16.8 Å². The maximum Gasteiger partial charge on any atom is 0.267 e. The molecule has 0 saturated heterocycles. The standard InChI is InChI=1S/C22H22N4O2S2/c1-13-5-6-17(7-14(13)2)28-10-16-8-20(29-11-16)21(27)25-22-24-19(12-30-22)18-9-23-26(4)15(18)3/h5-9,11-12H,10H2,1-4H3,(H,24,25,27). The summed E-state index contributed by atoms with van der Waals surface area (Å²) >= 11 is 2.80. The van der Waals surface area contributed by atoms with Crippen LogP contribution in [-0.2, 0) is 13.7 Å². The minimum Gasteiger partial charge on any atom is -0.489 e. The number of amides is 1. The molecular weight excluding hydrogens is 416 g/mol. The van der Waals surface area contributed by atoms with Gasteiger partial charge in [-0.25, -0.2) is 4.98 Å². The van der Waals surface area contributed by atoms with Crippen molar-refractivity contribution in [2.24, 2.45) is 7.05 Å². The second-order valence-corrected chi connectivity index (χ2v) is 8.88. The number of anilines is 1. The van der Waals surface area contributed by atoms with Crippen LogP contribution in [0.3, 0.4) is 0 Å². The fraction of sp³-hybridized carbons (Fsp3) is 0.227. The number of benzene rings is 1. The molecule has 154 valence electrons. The van der Waals surface area contributed by atoms with E-state index in [4.69, 9.17) is 4.74 Å². The molecule has 1 N–H and O–H groups in total. The summed E-state index contributed by atoms with van der Waals surface area (Å²) in [6.07, 6.45) is 1.79. The van der Waals surface area contributed by atoms with Crippen LogP contribution >= 0.6 is 22.7 Å². The molecule has 8 heteroatoms. The number of nitrogens with zero attached hydrogens (tertiary/aromatic N) is 3. The fourth-order valence-electron chi connectivity index (χ4n) is 2.90. The van der Waals surface area contributed by atoms with Crippen molar-refractivity contribution in [2.75, 3.05) is 5.32 Å². The van der Waals surface area contributed by atoms with Crippen LogP contribution < -0.4 is 10.1 Å². The van der Waals surface area contributed by atoms with Crippen molar-refractivity contribution in [1.82, 2.24) is 14.8 Å². The van der Waals surface area contributed by atoms with E-state index in [1.807, 2.05) is 49.0 Å². The van der Waals surface area contributed by atoms with Crippen molar-refractivity contribution in [1.29, 1.82) is 0 Å². The Labute approximate surface area is 183 Å². The van der Waals surface area contributed by atoms with Crippen LogP contribution in [-0.4, -0.2) is 20.7 Å². The summed E-state index contributed by atoms with van der Waals surface area (Å²) in [6, 6.07) is 7.90. The lowest BCUT2D eigenvalue weighted by atomic mass is 10.1. The number of thiophene rings is 1. The highest BCUT2D eigenvalue weighted by molar-refractivity contribution is 7.14. The summed E-state index contributed by atoms with van der Waals surface area (Å²) in [7, 11) is 1.89. The molecule has 3 aromatic heterocycles. The van der Waals surface area contributed by atoms with Gasteiger partial charge in [-0.1, -0.05) is 6.07 Å². The summed E-state index contributed by atoms with van der Waals surface area (Å²) in [5.74, 6) is 0.664. The highest BCUT2D eigenvalue weighted by Gasteiger charge is 2.14. The van der Waals surface area contributed by atoms with E-state index in [0.29, 0.717) is 16.6 Å². The monoisotopic (exact) mass is 438 g/mol. The average Bonchev–Trinajstić information content (AvgIpc) is 3.45. The van der Waals surface area contributed by atoms with Crippen molar-refractivity contribution < 1.29 is 9.53 Å². The van der Waals surface area contributed by atoms with Crippen molar-refractivity contribution in [2.45, 2.75) is 27.4 Å². The molecule has 0 atom stereocenters. The topological polar surface area (TPSA) is 69.0 Å². The number of carbonyl (C=O) groups is 1. The molecule has 4 rings (SSSR count). The van der Waals surface area contributed by atoms with Gasteiger partial charge in [-0.15, -0.1) is 22.7 Å². The normalized spacial score (nSPS) is 10.9. The zero-order valence-electron chi connectivity index (χ0n) is 17.2. The molecule has 0 aliphatic carbocycles. The number of thiazole rings is 1. The lowest BCUT2D eigenvalue weighted by Gasteiger charge is -2.07. The van der Waals surface area contributed by atoms with Gasteiger partial charge >= 0.3 is 0 Å². The van der Waals surface area contributed by atoms with Crippen LogP contribution in [0.1, 0.15) is 32.1 Å². The molecule has 1 amide bonds. The number of aromatic nitrogens is 3. The first-order chi connectivity index (χ1) is 14.4. The lowest BCUT2D eigenvalue weighted by Crippen LogP contribution is -2.09. The third kappa shape index (κ3) is 4.29. The Morgan fingerprint density at radius 1 is 1.13 bits per heavy atom. The largest absolute Gasteiger partial charge is 0.489 e. The van der Waals surface area contributed by atoms with Gasteiger partial charge in [0.25, 0.3) is 5.91 Å². The third-order valence-electron chi connectivity index (χ3n) is 5.00. The van der Waals surface area contributed by atoms with Gasteiger partial charge in [-0.3, -0.25) is 14.8 Å². The summed E-state index contributed by atoms with van der Waals surface area (Å²) < 4.78 is 7.67. The Balaban J connectivity index is 1.38. The number of ether oxygens (including phenoxy) is 1. The fourth-order valence-corrected chi connectivity index (χ4v) is 4.40. The van der Waals surface area contributed by atoms with Crippen LogP contribution in [0.15, 0.2) is 41.2 Å². The molecule has 30 heavy (non-hydrogen) atoms. The zero-order chi connectivity index (χ0) is 21.3. The number of carbonyl (C=O) groups excluding carboxylic acids is 1. The third-order valence-corrected chi connectivity index (χ3v) is 6.73. The first-order valence-corrected chi connectivity index (χ1v) is 11.2. The number of nitrogens with one attached hydrogen (secondary N) is 1. The Bertz CT molecular complexity index is 1210.